The van der Waals surface area contributed by atoms with Crippen molar-refractivity contribution in [1.82, 2.24) is 20.2 Å². The summed E-state index contributed by atoms with van der Waals surface area (Å²) in [6.07, 6.45) is 0. The number of aromatic nitrogens is 4. The van der Waals surface area contributed by atoms with E-state index in [4.69, 9.17) is 0 Å². The van der Waals surface area contributed by atoms with E-state index in [0.717, 1.165) is 11.8 Å². The third-order valence-electron chi connectivity index (χ3n) is 3.25. The van der Waals surface area contributed by atoms with Crippen molar-refractivity contribution >= 4 is 29.3 Å². The summed E-state index contributed by atoms with van der Waals surface area (Å²) in [7, 11) is 0. The van der Waals surface area contributed by atoms with E-state index in [1.165, 1.54) is 53.2 Å². The second kappa shape index (κ2) is 7.74. The Balaban J connectivity index is 1.61. The molecule has 2 aromatic carbocycles. The van der Waals surface area contributed by atoms with Crippen molar-refractivity contribution in [3.05, 3.63) is 59.9 Å². The van der Waals surface area contributed by atoms with Crippen LogP contribution in [0.5, 0.6) is 0 Å². The lowest BCUT2D eigenvalue weighted by Crippen LogP contribution is -2.22. The van der Waals surface area contributed by atoms with Crippen molar-refractivity contribution in [2.75, 3.05) is 11.1 Å². The minimum absolute atomic E-state index is 0.0239. The molecule has 0 atom stereocenters. The molecule has 3 aromatic rings. The summed E-state index contributed by atoms with van der Waals surface area (Å²) in [6.45, 7) is 0. The minimum atomic E-state index is -1.29. The molecule has 0 saturated carbocycles. The normalized spacial score (nSPS) is 10.5. The fraction of sp³-hybridized carbons (Fsp3) is 0.0625. The predicted octanol–water partition coefficient (Wildman–Crippen LogP) is 0.896. The first-order chi connectivity index (χ1) is 12.5. The van der Waals surface area contributed by atoms with Gasteiger partial charge >= 0.3 is 0 Å². The highest BCUT2D eigenvalue weighted by Crippen LogP contribution is 2.19. The molecule has 0 aliphatic carbocycles. The van der Waals surface area contributed by atoms with E-state index in [1.54, 1.807) is 0 Å². The molecule has 0 radical (unpaired) electrons. The van der Waals surface area contributed by atoms with Gasteiger partial charge in [-0.2, -0.15) is 4.68 Å². The third kappa shape index (κ3) is 4.22. The highest BCUT2D eigenvalue weighted by molar-refractivity contribution is 7.99. The summed E-state index contributed by atoms with van der Waals surface area (Å²) in [4.78, 5) is 22.7. The van der Waals surface area contributed by atoms with Gasteiger partial charge in [-0.25, -0.2) is 4.39 Å². The number of rotatable bonds is 6. The Morgan fingerprint density at radius 1 is 1.12 bits per heavy atom. The largest absolute Gasteiger partial charge is 0.545 e. The number of nitrogens with one attached hydrogen (secondary N) is 1. The molecule has 26 heavy (non-hydrogen) atoms. The van der Waals surface area contributed by atoms with Gasteiger partial charge in [0.15, 0.2) is 0 Å². The number of amides is 1. The topological polar surface area (TPSA) is 113 Å². The van der Waals surface area contributed by atoms with Crippen molar-refractivity contribution in [2.45, 2.75) is 5.16 Å². The zero-order valence-electron chi connectivity index (χ0n) is 13.1. The molecule has 132 valence electrons. The number of halogens is 1. The Hall–Kier alpha value is -3.27. The van der Waals surface area contributed by atoms with Gasteiger partial charge in [-0.15, -0.1) is 5.10 Å². The molecule has 1 N–H and O–H groups in total. The molecule has 1 aromatic heterocycles. The van der Waals surface area contributed by atoms with Gasteiger partial charge in [0.05, 0.1) is 17.4 Å². The monoisotopic (exact) mass is 372 g/mol. The Bertz CT molecular complexity index is 928. The van der Waals surface area contributed by atoms with Crippen molar-refractivity contribution in [1.29, 1.82) is 0 Å². The molecule has 1 heterocycles. The summed E-state index contributed by atoms with van der Waals surface area (Å²) >= 11 is 1.11. The molecule has 8 nitrogen and oxygen atoms in total. The zero-order chi connectivity index (χ0) is 18.5. The molecule has 0 aliphatic heterocycles. The van der Waals surface area contributed by atoms with E-state index in [2.05, 4.69) is 20.8 Å². The number of anilines is 1. The van der Waals surface area contributed by atoms with Gasteiger partial charge in [-0.1, -0.05) is 23.9 Å². The van der Waals surface area contributed by atoms with Crippen LogP contribution in [0.1, 0.15) is 10.4 Å². The van der Waals surface area contributed by atoms with Crippen LogP contribution in [0, 0.1) is 5.82 Å². The van der Waals surface area contributed by atoms with Gasteiger partial charge in [-0.05, 0) is 52.4 Å². The smallest absolute Gasteiger partial charge is 0.234 e. The molecule has 10 heteroatoms. The fourth-order valence-corrected chi connectivity index (χ4v) is 2.72. The molecular formula is C16H11FN5O3S-. The number of nitrogens with zero attached hydrogens (tertiary/aromatic N) is 4. The zero-order valence-corrected chi connectivity index (χ0v) is 13.9. The van der Waals surface area contributed by atoms with Gasteiger partial charge in [0.1, 0.15) is 5.82 Å². The lowest BCUT2D eigenvalue weighted by Gasteiger charge is -2.07. The molecule has 0 fully saturated rings. The van der Waals surface area contributed by atoms with E-state index >= 15 is 0 Å². The van der Waals surface area contributed by atoms with Gasteiger partial charge in [0, 0.05) is 5.69 Å². The average Bonchev–Trinajstić information content (AvgIpc) is 3.09. The molecule has 1 amide bonds. The fourth-order valence-electron chi connectivity index (χ4n) is 2.03. The second-order valence-corrected chi connectivity index (χ2v) is 5.99. The SMILES string of the molecule is O=C(CSc1nnnn1-c1ccc(F)cc1)Nc1ccc(C(=O)[O-])cc1. The predicted molar refractivity (Wildman–Crippen MR) is 89.2 cm³/mol. The van der Waals surface area contributed by atoms with Crippen LogP contribution in [-0.4, -0.2) is 37.8 Å². The summed E-state index contributed by atoms with van der Waals surface area (Å²) in [5.41, 5.74) is 1.05. The van der Waals surface area contributed by atoms with Gasteiger partial charge in [0.25, 0.3) is 0 Å². The van der Waals surface area contributed by atoms with Crippen LogP contribution in [0.3, 0.4) is 0 Å². The Morgan fingerprint density at radius 2 is 1.81 bits per heavy atom. The number of hydrogen-bond acceptors (Lipinski definition) is 7. The van der Waals surface area contributed by atoms with Crippen molar-refractivity contribution in [2.24, 2.45) is 0 Å². The summed E-state index contributed by atoms with van der Waals surface area (Å²) in [5.74, 6) is -1.94. The first-order valence-corrected chi connectivity index (χ1v) is 8.30. The van der Waals surface area contributed by atoms with Gasteiger partial charge in [0.2, 0.25) is 11.1 Å². The second-order valence-electron chi connectivity index (χ2n) is 5.05. The number of tetrazole rings is 1. The third-order valence-corrected chi connectivity index (χ3v) is 4.17. The highest BCUT2D eigenvalue weighted by atomic mass is 32.2. The van der Waals surface area contributed by atoms with Crippen molar-refractivity contribution < 1.29 is 19.1 Å². The lowest BCUT2D eigenvalue weighted by atomic mass is 10.2. The summed E-state index contributed by atoms with van der Waals surface area (Å²) in [5, 5.41) is 24.9. The summed E-state index contributed by atoms with van der Waals surface area (Å²) in [6, 6.07) is 11.2. The number of carbonyl (C=O) groups excluding carboxylic acids is 2. The van der Waals surface area contributed by atoms with Crippen LogP contribution < -0.4 is 10.4 Å². The Labute approximate surface area is 151 Å². The van der Waals surface area contributed by atoms with Crippen LogP contribution in [0.2, 0.25) is 0 Å². The van der Waals surface area contributed by atoms with Crippen LogP contribution >= 0.6 is 11.8 Å². The standard InChI is InChI=1S/C16H12FN5O3S/c17-11-3-7-13(8-4-11)22-16(19-20-21-22)26-9-14(23)18-12-5-1-10(2-6-12)15(24)25/h1-8H,9H2,(H,18,23)(H,24,25)/p-1. The maximum Gasteiger partial charge on any atom is 0.234 e. The Kier molecular flexibility index (Phi) is 5.23. The van der Waals surface area contributed by atoms with E-state index in [1.807, 2.05) is 0 Å². The lowest BCUT2D eigenvalue weighted by molar-refractivity contribution is -0.255. The molecule has 0 unspecified atom stereocenters. The van der Waals surface area contributed by atoms with Crippen molar-refractivity contribution in [3.63, 3.8) is 0 Å². The Morgan fingerprint density at radius 3 is 2.46 bits per heavy atom. The molecular weight excluding hydrogens is 361 g/mol. The van der Waals surface area contributed by atoms with E-state index in [-0.39, 0.29) is 23.0 Å². The number of carbonyl (C=O) groups is 2. The average molecular weight is 372 g/mol. The van der Waals surface area contributed by atoms with Gasteiger partial charge < -0.3 is 15.2 Å². The number of carboxylic acids is 1. The van der Waals surface area contributed by atoms with E-state index in [9.17, 15) is 19.1 Å². The maximum absolute atomic E-state index is 13.0. The number of carboxylic acid groups (broad SMARTS) is 1. The highest BCUT2D eigenvalue weighted by Gasteiger charge is 2.12. The molecule has 0 saturated heterocycles. The van der Waals surface area contributed by atoms with Gasteiger partial charge in [-0.3, -0.25) is 4.79 Å². The maximum atomic E-state index is 13.0. The first kappa shape index (κ1) is 17.5. The quantitative estimate of drug-likeness (QED) is 0.640. The van der Waals surface area contributed by atoms with Crippen LogP contribution in [-0.2, 0) is 4.79 Å². The molecule has 0 aliphatic rings. The van der Waals surface area contributed by atoms with Crippen molar-refractivity contribution in [3.8, 4) is 5.69 Å². The number of hydrogen-bond donors (Lipinski definition) is 1. The minimum Gasteiger partial charge on any atom is -0.545 e. The molecule has 0 bridgehead atoms. The van der Waals surface area contributed by atoms with E-state index < -0.39 is 5.97 Å². The van der Waals surface area contributed by atoms with Crippen LogP contribution in [0.25, 0.3) is 5.69 Å². The number of thioether (sulfide) groups is 1. The first-order valence-electron chi connectivity index (χ1n) is 7.31. The number of aromatic carboxylic acids is 1. The van der Waals surface area contributed by atoms with Crippen LogP contribution in [0.4, 0.5) is 10.1 Å². The van der Waals surface area contributed by atoms with Crippen LogP contribution in [0.15, 0.2) is 53.7 Å². The van der Waals surface area contributed by atoms with E-state index in [0.29, 0.717) is 16.5 Å². The molecule has 3 rings (SSSR count). The number of benzene rings is 2. The molecule has 0 spiro atoms. The summed E-state index contributed by atoms with van der Waals surface area (Å²) < 4.78 is 14.4.